The van der Waals surface area contributed by atoms with E-state index in [1.807, 2.05) is 24.3 Å². The number of halogens is 1. The number of carbonyl (C=O) groups is 1. The molecule has 4 heteroatoms. The van der Waals surface area contributed by atoms with Crippen molar-refractivity contribution < 1.29 is 4.79 Å². The lowest BCUT2D eigenvalue weighted by atomic mass is 10.0. The van der Waals surface area contributed by atoms with Crippen LogP contribution in [0.3, 0.4) is 0 Å². The normalized spacial score (nSPS) is 10.6. The van der Waals surface area contributed by atoms with E-state index in [-0.39, 0.29) is 5.91 Å². The van der Waals surface area contributed by atoms with Gasteiger partial charge >= 0.3 is 0 Å². The Morgan fingerprint density at radius 2 is 1.85 bits per heavy atom. The number of nitrogen functional groups attached to an aromatic ring is 1. The summed E-state index contributed by atoms with van der Waals surface area (Å²) in [6.45, 7) is 4.16. The standard InChI is InChI=1S/C16H17ClN2O/c1-10(2)11-6-3-4-9-14(11)19-16(20)15-12(17)7-5-8-13(15)18/h3-10H,18H2,1-2H3,(H,19,20). The molecule has 0 unspecified atom stereocenters. The zero-order chi connectivity index (χ0) is 14.7. The van der Waals surface area contributed by atoms with E-state index in [0.29, 0.717) is 22.2 Å². The van der Waals surface area contributed by atoms with Crippen LogP contribution in [0.1, 0.15) is 35.7 Å². The maximum Gasteiger partial charge on any atom is 0.259 e. The Balaban J connectivity index is 2.33. The van der Waals surface area contributed by atoms with Crippen LogP contribution >= 0.6 is 11.6 Å². The van der Waals surface area contributed by atoms with Crippen LogP contribution in [0, 0.1) is 0 Å². The van der Waals surface area contributed by atoms with Crippen LogP contribution in [0.5, 0.6) is 0 Å². The van der Waals surface area contributed by atoms with Crippen LogP contribution in [0.25, 0.3) is 0 Å². The smallest absolute Gasteiger partial charge is 0.259 e. The van der Waals surface area contributed by atoms with Gasteiger partial charge in [0.25, 0.3) is 5.91 Å². The lowest BCUT2D eigenvalue weighted by Crippen LogP contribution is -2.16. The number of anilines is 2. The van der Waals surface area contributed by atoms with E-state index in [4.69, 9.17) is 17.3 Å². The number of para-hydroxylation sites is 1. The fourth-order valence-electron chi connectivity index (χ4n) is 2.08. The van der Waals surface area contributed by atoms with E-state index in [2.05, 4.69) is 19.2 Å². The van der Waals surface area contributed by atoms with E-state index < -0.39 is 0 Å². The minimum atomic E-state index is -0.291. The number of nitrogens with one attached hydrogen (secondary N) is 1. The molecule has 2 aromatic rings. The maximum absolute atomic E-state index is 12.4. The van der Waals surface area contributed by atoms with Crippen molar-refractivity contribution in [3.63, 3.8) is 0 Å². The van der Waals surface area contributed by atoms with Crippen LogP contribution in [0.4, 0.5) is 11.4 Å². The molecule has 0 radical (unpaired) electrons. The van der Waals surface area contributed by atoms with Crippen molar-refractivity contribution in [3.8, 4) is 0 Å². The summed E-state index contributed by atoms with van der Waals surface area (Å²) in [6, 6.07) is 12.7. The molecule has 0 aliphatic rings. The summed E-state index contributed by atoms with van der Waals surface area (Å²) in [5.74, 6) is 0.0243. The molecule has 3 N–H and O–H groups in total. The molecule has 2 rings (SSSR count). The third-order valence-electron chi connectivity index (χ3n) is 3.10. The summed E-state index contributed by atoms with van der Waals surface area (Å²) in [6.07, 6.45) is 0. The molecule has 0 fully saturated rings. The largest absolute Gasteiger partial charge is 0.398 e. The van der Waals surface area contributed by atoms with E-state index in [0.717, 1.165) is 11.3 Å². The number of amides is 1. The zero-order valence-electron chi connectivity index (χ0n) is 11.5. The Hall–Kier alpha value is -2.00. The van der Waals surface area contributed by atoms with Crippen LogP contribution in [-0.4, -0.2) is 5.91 Å². The fourth-order valence-corrected chi connectivity index (χ4v) is 2.35. The Morgan fingerprint density at radius 3 is 2.50 bits per heavy atom. The number of hydrogen-bond donors (Lipinski definition) is 2. The molecule has 0 atom stereocenters. The summed E-state index contributed by atoms with van der Waals surface area (Å²) in [7, 11) is 0. The first kappa shape index (κ1) is 14.4. The highest BCUT2D eigenvalue weighted by atomic mass is 35.5. The number of hydrogen-bond acceptors (Lipinski definition) is 2. The highest BCUT2D eigenvalue weighted by Gasteiger charge is 2.15. The molecule has 0 aliphatic heterocycles. The van der Waals surface area contributed by atoms with Crippen LogP contribution < -0.4 is 11.1 Å². The summed E-state index contributed by atoms with van der Waals surface area (Å²) in [4.78, 5) is 12.4. The van der Waals surface area contributed by atoms with Gasteiger partial charge in [0.2, 0.25) is 0 Å². The molecule has 0 heterocycles. The highest BCUT2D eigenvalue weighted by Crippen LogP contribution is 2.27. The minimum Gasteiger partial charge on any atom is -0.398 e. The van der Waals surface area contributed by atoms with Crippen molar-refractivity contribution in [1.29, 1.82) is 0 Å². The first-order chi connectivity index (χ1) is 9.50. The van der Waals surface area contributed by atoms with Gasteiger partial charge in [-0.25, -0.2) is 0 Å². The average Bonchev–Trinajstić information content (AvgIpc) is 2.38. The quantitative estimate of drug-likeness (QED) is 0.828. The first-order valence-electron chi connectivity index (χ1n) is 6.45. The van der Waals surface area contributed by atoms with Crippen molar-refractivity contribution in [2.45, 2.75) is 19.8 Å². The average molecular weight is 289 g/mol. The molecule has 1 amide bonds. The number of benzene rings is 2. The van der Waals surface area contributed by atoms with Crippen LogP contribution in [0.2, 0.25) is 5.02 Å². The maximum atomic E-state index is 12.4. The van der Waals surface area contributed by atoms with Crippen molar-refractivity contribution in [1.82, 2.24) is 0 Å². The van der Waals surface area contributed by atoms with Gasteiger partial charge < -0.3 is 11.1 Å². The molecule has 20 heavy (non-hydrogen) atoms. The Kier molecular flexibility index (Phi) is 4.30. The molecule has 0 spiro atoms. The SMILES string of the molecule is CC(C)c1ccccc1NC(=O)c1c(N)cccc1Cl. The lowest BCUT2D eigenvalue weighted by Gasteiger charge is -2.14. The molecule has 0 bridgehead atoms. The number of nitrogens with two attached hydrogens (primary N) is 1. The van der Waals surface area contributed by atoms with Crippen molar-refractivity contribution in [3.05, 3.63) is 58.6 Å². The minimum absolute atomic E-state index is 0.291. The first-order valence-corrected chi connectivity index (χ1v) is 6.82. The molecular weight excluding hydrogens is 272 g/mol. The fraction of sp³-hybridized carbons (Fsp3) is 0.188. The predicted octanol–water partition coefficient (Wildman–Crippen LogP) is 4.30. The zero-order valence-corrected chi connectivity index (χ0v) is 12.2. The molecule has 2 aromatic carbocycles. The van der Waals surface area contributed by atoms with Gasteiger partial charge in [0.15, 0.2) is 0 Å². The van der Waals surface area contributed by atoms with Gasteiger partial charge in [-0.2, -0.15) is 0 Å². The van der Waals surface area contributed by atoms with Gasteiger partial charge in [0, 0.05) is 11.4 Å². The van der Waals surface area contributed by atoms with Crippen LogP contribution in [0.15, 0.2) is 42.5 Å². The predicted molar refractivity (Wildman–Crippen MR) is 84.3 cm³/mol. The molecule has 0 aliphatic carbocycles. The third kappa shape index (κ3) is 2.94. The second kappa shape index (κ2) is 5.97. The molecule has 0 saturated carbocycles. The molecule has 3 nitrogen and oxygen atoms in total. The van der Waals surface area contributed by atoms with Gasteiger partial charge in [0.05, 0.1) is 10.6 Å². The summed E-state index contributed by atoms with van der Waals surface area (Å²) >= 11 is 6.05. The van der Waals surface area contributed by atoms with Crippen molar-refractivity contribution in [2.24, 2.45) is 0 Å². The Bertz CT molecular complexity index is 618. The van der Waals surface area contributed by atoms with E-state index in [9.17, 15) is 4.79 Å². The Morgan fingerprint density at radius 1 is 1.15 bits per heavy atom. The van der Waals surface area contributed by atoms with Gasteiger partial charge in [-0.1, -0.05) is 49.7 Å². The molecule has 104 valence electrons. The topological polar surface area (TPSA) is 55.1 Å². The third-order valence-corrected chi connectivity index (χ3v) is 3.42. The molecular formula is C16H17ClN2O. The number of rotatable bonds is 3. The highest BCUT2D eigenvalue weighted by molar-refractivity contribution is 6.35. The van der Waals surface area contributed by atoms with E-state index >= 15 is 0 Å². The van der Waals surface area contributed by atoms with E-state index in [1.165, 1.54) is 0 Å². The Labute approximate surface area is 123 Å². The van der Waals surface area contributed by atoms with Gasteiger partial charge in [-0.3, -0.25) is 4.79 Å². The molecule has 0 saturated heterocycles. The van der Waals surface area contributed by atoms with Crippen molar-refractivity contribution >= 4 is 28.9 Å². The van der Waals surface area contributed by atoms with Gasteiger partial charge in [0.1, 0.15) is 0 Å². The van der Waals surface area contributed by atoms with Gasteiger partial charge in [-0.05, 0) is 29.7 Å². The van der Waals surface area contributed by atoms with Gasteiger partial charge in [-0.15, -0.1) is 0 Å². The summed E-state index contributed by atoms with van der Waals surface area (Å²) in [5.41, 5.74) is 8.37. The van der Waals surface area contributed by atoms with E-state index in [1.54, 1.807) is 18.2 Å². The number of carbonyl (C=O) groups excluding carboxylic acids is 1. The monoisotopic (exact) mass is 288 g/mol. The van der Waals surface area contributed by atoms with Crippen molar-refractivity contribution in [2.75, 3.05) is 11.1 Å². The second-order valence-electron chi connectivity index (χ2n) is 4.90. The summed E-state index contributed by atoms with van der Waals surface area (Å²) < 4.78 is 0. The lowest BCUT2D eigenvalue weighted by molar-refractivity contribution is 0.102. The van der Waals surface area contributed by atoms with Crippen LogP contribution in [-0.2, 0) is 0 Å². The summed E-state index contributed by atoms with van der Waals surface area (Å²) in [5, 5.41) is 3.24. The second-order valence-corrected chi connectivity index (χ2v) is 5.31. The molecule has 0 aromatic heterocycles.